The Morgan fingerprint density at radius 3 is 2.35 bits per heavy atom. The largest absolute Gasteiger partial charge is 0.303 e. The Labute approximate surface area is 123 Å². The highest BCUT2D eigenvalue weighted by atomic mass is 15.1. The van der Waals surface area contributed by atoms with Gasteiger partial charge < -0.3 is 4.90 Å². The monoisotopic (exact) mass is 270 g/mol. The number of rotatable bonds is 5. The highest BCUT2D eigenvalue weighted by molar-refractivity contribution is 5.33. The van der Waals surface area contributed by atoms with Gasteiger partial charge in [0.2, 0.25) is 0 Å². The lowest BCUT2D eigenvalue weighted by Crippen LogP contribution is -2.38. The van der Waals surface area contributed by atoms with Gasteiger partial charge in [0, 0.05) is 0 Å². The molecule has 2 heteroatoms. The minimum absolute atomic E-state index is 0.333. The number of hydrogen-bond donors (Lipinski definition) is 0. The molecule has 1 aliphatic heterocycles. The number of likely N-dealkylation sites (tertiary alicyclic amines) is 1. The number of piperidine rings is 1. The van der Waals surface area contributed by atoms with Crippen molar-refractivity contribution in [3.63, 3.8) is 0 Å². The Bertz CT molecular complexity index is 440. The third kappa shape index (κ3) is 3.22. The van der Waals surface area contributed by atoms with Gasteiger partial charge in [0.25, 0.3) is 0 Å². The second-order valence-electron chi connectivity index (χ2n) is 6.26. The van der Waals surface area contributed by atoms with E-state index in [1.54, 1.807) is 0 Å². The highest BCUT2D eigenvalue weighted by Crippen LogP contribution is 2.35. The van der Waals surface area contributed by atoms with Crippen LogP contribution in [0, 0.1) is 17.2 Å². The van der Waals surface area contributed by atoms with Crippen molar-refractivity contribution in [3.8, 4) is 6.07 Å². The first-order chi connectivity index (χ1) is 9.69. The maximum absolute atomic E-state index is 9.86. The third-order valence-electron chi connectivity index (χ3n) is 4.75. The van der Waals surface area contributed by atoms with Crippen LogP contribution in [0.1, 0.15) is 45.1 Å². The maximum Gasteiger partial charge on any atom is 0.0857 e. The van der Waals surface area contributed by atoms with Crippen molar-refractivity contribution in [2.45, 2.75) is 44.9 Å². The summed E-state index contributed by atoms with van der Waals surface area (Å²) < 4.78 is 0. The molecule has 0 aromatic heterocycles. The molecule has 1 fully saturated rings. The molecule has 1 unspecified atom stereocenters. The van der Waals surface area contributed by atoms with Crippen molar-refractivity contribution >= 4 is 0 Å². The zero-order valence-corrected chi connectivity index (χ0v) is 12.8. The lowest BCUT2D eigenvalue weighted by Gasteiger charge is -2.35. The number of nitriles is 1. The van der Waals surface area contributed by atoms with Gasteiger partial charge in [0.1, 0.15) is 0 Å². The Morgan fingerprint density at radius 1 is 1.15 bits per heavy atom. The second-order valence-corrected chi connectivity index (χ2v) is 6.26. The first kappa shape index (κ1) is 15.1. The Morgan fingerprint density at radius 2 is 1.80 bits per heavy atom. The predicted octanol–water partition coefficient (Wildman–Crippen LogP) is 3.98. The van der Waals surface area contributed by atoms with E-state index in [2.05, 4.69) is 36.9 Å². The van der Waals surface area contributed by atoms with E-state index in [1.165, 1.54) is 37.9 Å². The average Bonchev–Trinajstić information content (AvgIpc) is 2.50. The molecule has 1 saturated heterocycles. The van der Waals surface area contributed by atoms with E-state index >= 15 is 0 Å². The fourth-order valence-electron chi connectivity index (χ4n) is 3.27. The summed E-state index contributed by atoms with van der Waals surface area (Å²) in [5, 5.41) is 9.86. The maximum atomic E-state index is 9.86. The number of hydrogen-bond acceptors (Lipinski definition) is 2. The first-order valence-corrected chi connectivity index (χ1v) is 7.88. The molecule has 1 aliphatic rings. The molecule has 1 aromatic rings. The molecular formula is C18H26N2. The van der Waals surface area contributed by atoms with Crippen LogP contribution in [-0.4, -0.2) is 24.5 Å². The molecule has 108 valence electrons. The van der Waals surface area contributed by atoms with Gasteiger partial charge in [-0.3, -0.25) is 0 Å². The van der Waals surface area contributed by atoms with Gasteiger partial charge in [0.05, 0.1) is 11.5 Å². The SMILES string of the molecule is CC(C)C(C#N)(CCN1CCCCC1)c1ccccc1. The highest BCUT2D eigenvalue weighted by Gasteiger charge is 2.36. The predicted molar refractivity (Wildman–Crippen MR) is 83.5 cm³/mol. The minimum Gasteiger partial charge on any atom is -0.303 e. The minimum atomic E-state index is -0.349. The van der Waals surface area contributed by atoms with Crippen LogP contribution in [0.3, 0.4) is 0 Å². The van der Waals surface area contributed by atoms with Crippen molar-refractivity contribution in [1.29, 1.82) is 5.26 Å². The molecule has 2 rings (SSSR count). The molecule has 0 aliphatic carbocycles. The van der Waals surface area contributed by atoms with Crippen LogP contribution in [0.25, 0.3) is 0 Å². The quantitative estimate of drug-likeness (QED) is 0.809. The van der Waals surface area contributed by atoms with E-state index in [9.17, 15) is 5.26 Å². The van der Waals surface area contributed by atoms with Crippen molar-refractivity contribution in [2.24, 2.45) is 5.92 Å². The van der Waals surface area contributed by atoms with Crippen molar-refractivity contribution in [3.05, 3.63) is 35.9 Å². The normalized spacial score (nSPS) is 19.5. The second kappa shape index (κ2) is 6.90. The average molecular weight is 270 g/mol. The van der Waals surface area contributed by atoms with E-state index in [0.717, 1.165) is 13.0 Å². The zero-order chi connectivity index (χ0) is 14.4. The Kier molecular flexibility index (Phi) is 5.20. The van der Waals surface area contributed by atoms with Gasteiger partial charge >= 0.3 is 0 Å². The summed E-state index contributed by atoms with van der Waals surface area (Å²) in [6, 6.07) is 13.0. The van der Waals surface area contributed by atoms with Gasteiger partial charge in [-0.1, -0.05) is 50.6 Å². The van der Waals surface area contributed by atoms with Gasteiger partial charge in [-0.2, -0.15) is 5.26 Å². The van der Waals surface area contributed by atoms with Gasteiger partial charge in [-0.05, 0) is 50.4 Å². The molecule has 0 spiro atoms. The standard InChI is InChI=1S/C18H26N2/c1-16(2)18(15-19,17-9-5-3-6-10-17)11-14-20-12-7-4-8-13-20/h3,5-6,9-10,16H,4,7-8,11-14H2,1-2H3. The molecule has 0 N–H and O–H groups in total. The van der Waals surface area contributed by atoms with Crippen LogP contribution in [0.4, 0.5) is 0 Å². The summed E-state index contributed by atoms with van der Waals surface area (Å²) in [5.74, 6) is 0.333. The van der Waals surface area contributed by atoms with E-state index in [0.29, 0.717) is 5.92 Å². The summed E-state index contributed by atoms with van der Waals surface area (Å²) in [6.07, 6.45) is 4.92. The summed E-state index contributed by atoms with van der Waals surface area (Å²) in [6.45, 7) is 7.79. The van der Waals surface area contributed by atoms with E-state index < -0.39 is 0 Å². The molecular weight excluding hydrogens is 244 g/mol. The van der Waals surface area contributed by atoms with E-state index in [4.69, 9.17) is 0 Å². The lowest BCUT2D eigenvalue weighted by molar-refractivity contribution is 0.202. The smallest absolute Gasteiger partial charge is 0.0857 e. The summed E-state index contributed by atoms with van der Waals surface area (Å²) in [4.78, 5) is 2.53. The van der Waals surface area contributed by atoms with Crippen molar-refractivity contribution in [2.75, 3.05) is 19.6 Å². The third-order valence-corrected chi connectivity index (χ3v) is 4.75. The van der Waals surface area contributed by atoms with Gasteiger partial charge in [-0.25, -0.2) is 0 Å². The number of benzene rings is 1. The van der Waals surface area contributed by atoms with E-state index in [-0.39, 0.29) is 5.41 Å². The first-order valence-electron chi connectivity index (χ1n) is 7.88. The van der Waals surface area contributed by atoms with Crippen LogP contribution in [0.15, 0.2) is 30.3 Å². The molecule has 0 bridgehead atoms. The van der Waals surface area contributed by atoms with Crippen molar-refractivity contribution < 1.29 is 0 Å². The van der Waals surface area contributed by atoms with Crippen LogP contribution in [0.2, 0.25) is 0 Å². The summed E-state index contributed by atoms with van der Waals surface area (Å²) in [7, 11) is 0. The zero-order valence-electron chi connectivity index (χ0n) is 12.8. The molecule has 20 heavy (non-hydrogen) atoms. The Balaban J connectivity index is 2.13. The summed E-state index contributed by atoms with van der Waals surface area (Å²) in [5.41, 5.74) is 0.827. The molecule has 1 heterocycles. The summed E-state index contributed by atoms with van der Waals surface area (Å²) >= 11 is 0. The molecule has 0 radical (unpaired) electrons. The molecule has 1 aromatic carbocycles. The van der Waals surface area contributed by atoms with Crippen LogP contribution < -0.4 is 0 Å². The van der Waals surface area contributed by atoms with Crippen LogP contribution in [-0.2, 0) is 5.41 Å². The van der Waals surface area contributed by atoms with Crippen LogP contribution in [0.5, 0.6) is 0 Å². The molecule has 0 amide bonds. The van der Waals surface area contributed by atoms with E-state index in [1.807, 2.05) is 18.2 Å². The van der Waals surface area contributed by atoms with Gasteiger partial charge in [0.15, 0.2) is 0 Å². The Hall–Kier alpha value is -1.33. The van der Waals surface area contributed by atoms with Crippen LogP contribution >= 0.6 is 0 Å². The lowest BCUT2D eigenvalue weighted by atomic mass is 9.70. The fraction of sp³-hybridized carbons (Fsp3) is 0.611. The number of nitrogens with zero attached hydrogens (tertiary/aromatic N) is 2. The molecule has 0 saturated carbocycles. The molecule has 1 atom stereocenters. The molecule has 2 nitrogen and oxygen atoms in total. The fourth-order valence-corrected chi connectivity index (χ4v) is 3.27. The van der Waals surface area contributed by atoms with Gasteiger partial charge in [-0.15, -0.1) is 0 Å². The topological polar surface area (TPSA) is 27.0 Å². The van der Waals surface area contributed by atoms with Crippen molar-refractivity contribution in [1.82, 2.24) is 4.90 Å².